The Balaban J connectivity index is 2.02. The molecule has 0 radical (unpaired) electrons. The number of nitrogens with one attached hydrogen (secondary N) is 1. The molecular formula is C14H24N2S. The number of aromatic nitrogens is 1. The number of nitrogens with zero attached hydrogens (tertiary/aromatic N) is 1. The molecule has 1 aromatic heterocycles. The molecule has 0 amide bonds. The van der Waals surface area contributed by atoms with Crippen molar-refractivity contribution >= 4 is 11.3 Å². The van der Waals surface area contributed by atoms with Crippen molar-refractivity contribution in [2.75, 3.05) is 6.54 Å². The standard InChI is InChI=1S/C14H24N2S/c1-3-8-16-13(9-12-10-15-11-17-12)14(2)6-4-5-7-14/h10-11,13,16H,3-9H2,1-2H3. The molecule has 1 unspecified atom stereocenters. The molecule has 96 valence electrons. The minimum Gasteiger partial charge on any atom is -0.313 e. The van der Waals surface area contributed by atoms with E-state index in [0.29, 0.717) is 11.5 Å². The van der Waals surface area contributed by atoms with Gasteiger partial charge in [0.2, 0.25) is 0 Å². The fourth-order valence-corrected chi connectivity index (χ4v) is 3.60. The predicted octanol–water partition coefficient (Wildman–Crippen LogP) is 3.63. The highest BCUT2D eigenvalue weighted by molar-refractivity contribution is 7.09. The first-order valence-corrected chi connectivity index (χ1v) is 7.73. The molecule has 0 spiro atoms. The second kappa shape index (κ2) is 5.96. The minimum atomic E-state index is 0.499. The summed E-state index contributed by atoms with van der Waals surface area (Å²) < 4.78 is 0. The Hall–Kier alpha value is -0.410. The van der Waals surface area contributed by atoms with Gasteiger partial charge in [0, 0.05) is 17.1 Å². The monoisotopic (exact) mass is 252 g/mol. The van der Waals surface area contributed by atoms with Crippen LogP contribution in [0.3, 0.4) is 0 Å². The van der Waals surface area contributed by atoms with Crippen molar-refractivity contribution in [3.8, 4) is 0 Å². The molecule has 0 saturated heterocycles. The van der Waals surface area contributed by atoms with Crippen LogP contribution in [-0.2, 0) is 6.42 Å². The van der Waals surface area contributed by atoms with Crippen LogP contribution in [0, 0.1) is 5.41 Å². The summed E-state index contributed by atoms with van der Waals surface area (Å²) in [5, 5.41) is 3.77. The number of hydrogen-bond donors (Lipinski definition) is 1. The number of hydrogen-bond acceptors (Lipinski definition) is 3. The Morgan fingerprint density at radius 1 is 1.47 bits per heavy atom. The van der Waals surface area contributed by atoms with Crippen molar-refractivity contribution < 1.29 is 0 Å². The SMILES string of the molecule is CCCNC(Cc1cncs1)C1(C)CCCC1. The first-order chi connectivity index (χ1) is 8.24. The van der Waals surface area contributed by atoms with Crippen molar-refractivity contribution in [3.63, 3.8) is 0 Å². The fraction of sp³-hybridized carbons (Fsp3) is 0.786. The molecule has 1 aliphatic carbocycles. The molecule has 0 aliphatic heterocycles. The van der Waals surface area contributed by atoms with Gasteiger partial charge in [0.25, 0.3) is 0 Å². The van der Waals surface area contributed by atoms with Crippen LogP contribution in [0.1, 0.15) is 50.8 Å². The lowest BCUT2D eigenvalue weighted by Crippen LogP contribution is -2.44. The maximum atomic E-state index is 4.20. The van der Waals surface area contributed by atoms with Crippen molar-refractivity contribution in [2.24, 2.45) is 5.41 Å². The summed E-state index contributed by atoms with van der Waals surface area (Å²) in [6, 6.07) is 0.630. The van der Waals surface area contributed by atoms with Gasteiger partial charge in [-0.25, -0.2) is 0 Å². The van der Waals surface area contributed by atoms with Crippen molar-refractivity contribution in [2.45, 2.75) is 58.4 Å². The summed E-state index contributed by atoms with van der Waals surface area (Å²) >= 11 is 1.79. The van der Waals surface area contributed by atoms with Crippen LogP contribution in [0.25, 0.3) is 0 Å². The van der Waals surface area contributed by atoms with E-state index in [4.69, 9.17) is 0 Å². The average Bonchev–Trinajstić information content (AvgIpc) is 2.96. The molecule has 1 saturated carbocycles. The van der Waals surface area contributed by atoms with Gasteiger partial charge >= 0.3 is 0 Å². The molecule has 2 nitrogen and oxygen atoms in total. The molecule has 1 aromatic rings. The third-order valence-electron chi connectivity index (χ3n) is 4.12. The smallest absolute Gasteiger partial charge is 0.0794 e. The van der Waals surface area contributed by atoms with E-state index in [2.05, 4.69) is 24.1 Å². The summed E-state index contributed by atoms with van der Waals surface area (Å²) in [4.78, 5) is 5.62. The Kier molecular flexibility index (Phi) is 4.57. The van der Waals surface area contributed by atoms with Gasteiger partial charge < -0.3 is 5.32 Å². The number of thiazole rings is 1. The highest BCUT2D eigenvalue weighted by Crippen LogP contribution is 2.41. The Morgan fingerprint density at radius 3 is 2.82 bits per heavy atom. The van der Waals surface area contributed by atoms with E-state index in [0.717, 1.165) is 13.0 Å². The maximum Gasteiger partial charge on any atom is 0.0794 e. The zero-order valence-corrected chi connectivity index (χ0v) is 11.9. The van der Waals surface area contributed by atoms with Crippen LogP contribution in [0.2, 0.25) is 0 Å². The maximum absolute atomic E-state index is 4.20. The molecule has 1 atom stereocenters. The minimum absolute atomic E-state index is 0.499. The van der Waals surface area contributed by atoms with Gasteiger partial charge in [0.1, 0.15) is 0 Å². The zero-order valence-electron chi connectivity index (χ0n) is 11.0. The third-order valence-corrected chi connectivity index (χ3v) is 4.92. The van der Waals surface area contributed by atoms with E-state index in [1.54, 1.807) is 11.3 Å². The van der Waals surface area contributed by atoms with Gasteiger partial charge in [-0.2, -0.15) is 0 Å². The summed E-state index contributed by atoms with van der Waals surface area (Å²) in [5.41, 5.74) is 2.45. The van der Waals surface area contributed by atoms with Crippen LogP contribution in [0.5, 0.6) is 0 Å². The first-order valence-electron chi connectivity index (χ1n) is 6.85. The van der Waals surface area contributed by atoms with Gasteiger partial charge in [0.15, 0.2) is 0 Å². The van der Waals surface area contributed by atoms with Gasteiger partial charge in [-0.15, -0.1) is 11.3 Å². The van der Waals surface area contributed by atoms with Gasteiger partial charge in [-0.1, -0.05) is 26.7 Å². The molecule has 1 fully saturated rings. The molecule has 3 heteroatoms. The fourth-order valence-electron chi connectivity index (χ4n) is 2.96. The van der Waals surface area contributed by atoms with Crippen LogP contribution >= 0.6 is 11.3 Å². The van der Waals surface area contributed by atoms with E-state index >= 15 is 0 Å². The van der Waals surface area contributed by atoms with Crippen LogP contribution in [0.4, 0.5) is 0 Å². The molecule has 1 heterocycles. The zero-order chi connectivity index (χ0) is 12.1. The van der Waals surface area contributed by atoms with Gasteiger partial charge in [0.05, 0.1) is 5.51 Å². The summed E-state index contributed by atoms with van der Waals surface area (Å²) in [7, 11) is 0. The Morgan fingerprint density at radius 2 is 2.24 bits per heavy atom. The Labute approximate surface area is 109 Å². The second-order valence-corrected chi connectivity index (χ2v) is 6.51. The quantitative estimate of drug-likeness (QED) is 0.836. The summed E-state index contributed by atoms with van der Waals surface area (Å²) in [5.74, 6) is 0. The normalized spacial score (nSPS) is 20.6. The lowest BCUT2D eigenvalue weighted by molar-refractivity contribution is 0.220. The molecule has 0 aromatic carbocycles. The molecular weight excluding hydrogens is 228 g/mol. The van der Waals surface area contributed by atoms with Crippen LogP contribution < -0.4 is 5.32 Å². The van der Waals surface area contributed by atoms with Crippen molar-refractivity contribution in [1.82, 2.24) is 10.3 Å². The van der Waals surface area contributed by atoms with Gasteiger partial charge in [-0.05, 0) is 37.6 Å². The average molecular weight is 252 g/mol. The topological polar surface area (TPSA) is 24.9 Å². The van der Waals surface area contributed by atoms with Crippen LogP contribution in [0.15, 0.2) is 11.7 Å². The second-order valence-electron chi connectivity index (χ2n) is 5.54. The molecule has 0 bridgehead atoms. The van der Waals surface area contributed by atoms with E-state index in [9.17, 15) is 0 Å². The van der Waals surface area contributed by atoms with Crippen molar-refractivity contribution in [3.05, 3.63) is 16.6 Å². The van der Waals surface area contributed by atoms with E-state index in [-0.39, 0.29) is 0 Å². The first kappa shape index (κ1) is 13.0. The third kappa shape index (κ3) is 3.29. The van der Waals surface area contributed by atoms with Crippen molar-refractivity contribution in [1.29, 1.82) is 0 Å². The molecule has 2 rings (SSSR count). The molecule has 17 heavy (non-hydrogen) atoms. The van der Waals surface area contributed by atoms with E-state index in [1.165, 1.54) is 37.0 Å². The van der Waals surface area contributed by atoms with Crippen LogP contribution in [-0.4, -0.2) is 17.6 Å². The predicted molar refractivity (Wildman–Crippen MR) is 74.5 cm³/mol. The molecule has 1 N–H and O–H groups in total. The van der Waals surface area contributed by atoms with E-state index < -0.39 is 0 Å². The highest BCUT2D eigenvalue weighted by atomic mass is 32.1. The lowest BCUT2D eigenvalue weighted by Gasteiger charge is -2.35. The summed E-state index contributed by atoms with van der Waals surface area (Å²) in [6.07, 6.45) is 9.98. The highest BCUT2D eigenvalue weighted by Gasteiger charge is 2.36. The Bertz CT molecular complexity index is 315. The lowest BCUT2D eigenvalue weighted by atomic mass is 9.79. The largest absolute Gasteiger partial charge is 0.313 e. The molecule has 1 aliphatic rings. The number of rotatable bonds is 6. The van der Waals surface area contributed by atoms with E-state index in [1.807, 2.05) is 11.7 Å². The van der Waals surface area contributed by atoms with Gasteiger partial charge in [-0.3, -0.25) is 4.98 Å². The summed E-state index contributed by atoms with van der Waals surface area (Å²) in [6.45, 7) is 5.85.